The number of hydrogen-bond acceptors (Lipinski definition) is 3. The number of benzene rings is 1. The van der Waals surface area contributed by atoms with Crippen LogP contribution in [0.4, 0.5) is 11.4 Å². The van der Waals surface area contributed by atoms with Gasteiger partial charge in [-0.15, -0.1) is 0 Å². The molecule has 1 aliphatic heterocycles. The minimum absolute atomic E-state index is 0.267. The summed E-state index contributed by atoms with van der Waals surface area (Å²) in [5.74, 6) is 0. The fraction of sp³-hybridized carbons (Fsp3) is 0.417. The Balaban J connectivity index is 2.21. The van der Waals surface area contributed by atoms with Crippen LogP contribution in [-0.2, 0) is 4.79 Å². The van der Waals surface area contributed by atoms with E-state index in [0.29, 0.717) is 5.69 Å². The number of anilines is 2. The molecule has 0 saturated carbocycles. The van der Waals surface area contributed by atoms with Gasteiger partial charge in [-0.1, -0.05) is 12.1 Å². The summed E-state index contributed by atoms with van der Waals surface area (Å²) >= 11 is 0. The Morgan fingerprint density at radius 2 is 2.00 bits per heavy atom. The fourth-order valence-corrected chi connectivity index (χ4v) is 2.15. The second kappa shape index (κ2) is 4.99. The summed E-state index contributed by atoms with van der Waals surface area (Å²) in [4.78, 5) is 13.0. The Labute approximate surface area is 95.4 Å². The zero-order valence-corrected chi connectivity index (χ0v) is 9.23. The number of nitrogens with two attached hydrogens (primary N) is 1. The molecule has 0 aromatic heterocycles. The summed E-state index contributed by atoms with van der Waals surface area (Å²) < 4.78 is 0. The lowest BCUT2D eigenvalue weighted by atomic mass is 10.0. The van der Waals surface area contributed by atoms with Gasteiger partial charge in [0.05, 0.1) is 11.4 Å². The summed E-state index contributed by atoms with van der Waals surface area (Å²) in [5.41, 5.74) is 7.37. The SMILES string of the molecule is Nc1ccccc1N(C=O)C1CCNCC1. The lowest BCUT2D eigenvalue weighted by molar-refractivity contribution is -0.108. The zero-order chi connectivity index (χ0) is 11.4. The summed E-state index contributed by atoms with van der Waals surface area (Å²) in [7, 11) is 0. The third kappa shape index (κ3) is 2.17. The Morgan fingerprint density at radius 1 is 1.31 bits per heavy atom. The molecular formula is C12H17N3O. The standard InChI is InChI=1S/C12H17N3O/c13-11-3-1-2-4-12(11)15(9-16)10-5-7-14-8-6-10/h1-4,9-10,14H,5-8,13H2. The minimum Gasteiger partial charge on any atom is -0.397 e. The third-order valence-corrected chi connectivity index (χ3v) is 3.03. The van der Waals surface area contributed by atoms with E-state index >= 15 is 0 Å². The first kappa shape index (κ1) is 11.0. The molecule has 1 aliphatic rings. The summed E-state index contributed by atoms with van der Waals surface area (Å²) in [5, 5.41) is 3.29. The smallest absolute Gasteiger partial charge is 0.214 e. The quantitative estimate of drug-likeness (QED) is 0.588. The van der Waals surface area contributed by atoms with Gasteiger partial charge in [-0.25, -0.2) is 0 Å². The molecule has 0 bridgehead atoms. The van der Waals surface area contributed by atoms with Crippen LogP contribution in [0.3, 0.4) is 0 Å². The zero-order valence-electron chi connectivity index (χ0n) is 9.23. The van der Waals surface area contributed by atoms with Crippen LogP contribution in [0, 0.1) is 0 Å². The van der Waals surface area contributed by atoms with Crippen LogP contribution >= 0.6 is 0 Å². The maximum absolute atomic E-state index is 11.2. The number of piperidine rings is 1. The maximum Gasteiger partial charge on any atom is 0.214 e. The molecule has 4 nitrogen and oxygen atoms in total. The van der Waals surface area contributed by atoms with Crippen LogP contribution in [0.15, 0.2) is 24.3 Å². The van der Waals surface area contributed by atoms with Gasteiger partial charge in [0, 0.05) is 6.04 Å². The van der Waals surface area contributed by atoms with Crippen LogP contribution in [0.5, 0.6) is 0 Å². The largest absolute Gasteiger partial charge is 0.397 e. The molecule has 0 unspecified atom stereocenters. The van der Waals surface area contributed by atoms with E-state index in [2.05, 4.69) is 5.32 Å². The van der Waals surface area contributed by atoms with Crippen molar-refractivity contribution in [3.05, 3.63) is 24.3 Å². The number of nitrogens with zero attached hydrogens (tertiary/aromatic N) is 1. The molecule has 16 heavy (non-hydrogen) atoms. The topological polar surface area (TPSA) is 58.4 Å². The van der Waals surface area contributed by atoms with E-state index in [-0.39, 0.29) is 6.04 Å². The Hall–Kier alpha value is -1.55. The second-order valence-corrected chi connectivity index (χ2v) is 4.05. The van der Waals surface area contributed by atoms with Crippen LogP contribution in [0.1, 0.15) is 12.8 Å². The van der Waals surface area contributed by atoms with Crippen molar-refractivity contribution in [2.45, 2.75) is 18.9 Å². The second-order valence-electron chi connectivity index (χ2n) is 4.05. The fourth-order valence-electron chi connectivity index (χ4n) is 2.15. The van der Waals surface area contributed by atoms with Crippen LogP contribution in [0.2, 0.25) is 0 Å². The van der Waals surface area contributed by atoms with E-state index in [1.54, 1.807) is 4.90 Å². The number of rotatable bonds is 3. The molecule has 0 aliphatic carbocycles. The normalized spacial score (nSPS) is 17.0. The van der Waals surface area contributed by atoms with Crippen LogP contribution < -0.4 is 16.0 Å². The van der Waals surface area contributed by atoms with Crippen LogP contribution in [0.25, 0.3) is 0 Å². The van der Waals surface area contributed by atoms with Crippen molar-refractivity contribution in [3.63, 3.8) is 0 Å². The van der Waals surface area contributed by atoms with Gasteiger partial charge in [0.15, 0.2) is 0 Å². The number of hydrogen-bond donors (Lipinski definition) is 2. The first-order chi connectivity index (χ1) is 7.83. The molecule has 0 atom stereocenters. The highest BCUT2D eigenvalue weighted by molar-refractivity contribution is 5.83. The van der Waals surface area contributed by atoms with Gasteiger partial charge < -0.3 is 16.0 Å². The molecule has 2 rings (SSSR count). The lowest BCUT2D eigenvalue weighted by Crippen LogP contribution is -2.42. The van der Waals surface area contributed by atoms with Crippen molar-refractivity contribution in [2.75, 3.05) is 23.7 Å². The van der Waals surface area contributed by atoms with E-state index in [1.165, 1.54) is 0 Å². The molecule has 0 spiro atoms. The average molecular weight is 219 g/mol. The predicted octanol–water partition coefficient (Wildman–Crippen LogP) is 0.984. The molecule has 1 fully saturated rings. The highest BCUT2D eigenvalue weighted by atomic mass is 16.1. The van der Waals surface area contributed by atoms with E-state index < -0.39 is 0 Å². The third-order valence-electron chi connectivity index (χ3n) is 3.03. The van der Waals surface area contributed by atoms with Gasteiger partial charge in [0.2, 0.25) is 6.41 Å². The predicted molar refractivity (Wildman–Crippen MR) is 65.3 cm³/mol. The highest BCUT2D eigenvalue weighted by Gasteiger charge is 2.21. The van der Waals surface area contributed by atoms with Gasteiger partial charge >= 0.3 is 0 Å². The van der Waals surface area contributed by atoms with E-state index in [0.717, 1.165) is 38.0 Å². The highest BCUT2D eigenvalue weighted by Crippen LogP contribution is 2.25. The maximum atomic E-state index is 11.2. The van der Waals surface area contributed by atoms with Crippen molar-refractivity contribution in [1.29, 1.82) is 0 Å². The molecule has 1 saturated heterocycles. The van der Waals surface area contributed by atoms with Gasteiger partial charge in [-0.05, 0) is 38.1 Å². The Bertz CT molecular complexity index is 361. The number of para-hydroxylation sites is 2. The van der Waals surface area contributed by atoms with Crippen molar-refractivity contribution in [3.8, 4) is 0 Å². The average Bonchev–Trinajstić information content (AvgIpc) is 2.34. The number of nitrogens with one attached hydrogen (secondary N) is 1. The molecule has 1 heterocycles. The molecule has 1 amide bonds. The molecular weight excluding hydrogens is 202 g/mol. The van der Waals surface area contributed by atoms with Gasteiger partial charge in [-0.2, -0.15) is 0 Å². The summed E-state index contributed by atoms with van der Waals surface area (Å²) in [6.07, 6.45) is 2.85. The van der Waals surface area contributed by atoms with Crippen molar-refractivity contribution in [1.82, 2.24) is 5.32 Å². The first-order valence-electron chi connectivity index (χ1n) is 5.62. The van der Waals surface area contributed by atoms with Crippen molar-refractivity contribution in [2.24, 2.45) is 0 Å². The van der Waals surface area contributed by atoms with Crippen LogP contribution in [-0.4, -0.2) is 25.5 Å². The van der Waals surface area contributed by atoms with Gasteiger partial charge in [-0.3, -0.25) is 4.79 Å². The molecule has 1 aromatic rings. The Kier molecular flexibility index (Phi) is 3.41. The van der Waals surface area contributed by atoms with Gasteiger partial charge in [0.25, 0.3) is 0 Å². The first-order valence-corrected chi connectivity index (χ1v) is 5.62. The number of nitrogen functional groups attached to an aromatic ring is 1. The minimum atomic E-state index is 0.267. The number of amides is 1. The van der Waals surface area contributed by atoms with E-state index in [9.17, 15) is 4.79 Å². The molecule has 4 heteroatoms. The molecule has 1 aromatic carbocycles. The van der Waals surface area contributed by atoms with E-state index in [4.69, 9.17) is 5.73 Å². The summed E-state index contributed by atoms with van der Waals surface area (Å²) in [6, 6.07) is 7.77. The lowest BCUT2D eigenvalue weighted by Gasteiger charge is -2.32. The van der Waals surface area contributed by atoms with E-state index in [1.807, 2.05) is 24.3 Å². The molecule has 3 N–H and O–H groups in total. The van der Waals surface area contributed by atoms with Crippen molar-refractivity contribution >= 4 is 17.8 Å². The van der Waals surface area contributed by atoms with Gasteiger partial charge in [0.1, 0.15) is 0 Å². The van der Waals surface area contributed by atoms with Crippen molar-refractivity contribution < 1.29 is 4.79 Å². The Morgan fingerprint density at radius 3 is 2.62 bits per heavy atom. The molecule has 0 radical (unpaired) electrons. The number of carbonyl (C=O) groups excluding carboxylic acids is 1. The number of carbonyl (C=O) groups is 1. The molecule has 86 valence electrons. The monoisotopic (exact) mass is 219 g/mol. The summed E-state index contributed by atoms with van der Waals surface area (Å²) in [6.45, 7) is 1.92.